The monoisotopic (exact) mass is 296 g/mol. The number of rotatable bonds is 6. The number of methoxy groups -OCH3 is 2. The molecule has 0 heterocycles. The Balaban J connectivity index is 2.90. The Labute approximate surface area is 123 Å². The van der Waals surface area contributed by atoms with E-state index < -0.39 is 18.0 Å². The van der Waals surface area contributed by atoms with Gasteiger partial charge in [-0.1, -0.05) is 6.92 Å². The minimum absolute atomic E-state index is 0.318. The molecular weight excluding hydrogens is 276 g/mol. The minimum Gasteiger partial charge on any atom is -0.497 e. The van der Waals surface area contributed by atoms with Gasteiger partial charge in [0.15, 0.2) is 0 Å². The van der Waals surface area contributed by atoms with Crippen LogP contribution in [0, 0.1) is 0 Å². The van der Waals surface area contributed by atoms with Gasteiger partial charge in [0.2, 0.25) is 0 Å². The zero-order chi connectivity index (χ0) is 16.0. The number of carbonyl (C=O) groups is 2. The number of likely N-dealkylation sites (N-methyl/N-ethyl adjacent to an activating group) is 1. The fourth-order valence-electron chi connectivity index (χ4n) is 1.86. The SMILES string of the molecule is CCC(C(=O)O)N(C)C(=O)Nc1ccc(OC)cc1OC. The van der Waals surface area contributed by atoms with Gasteiger partial charge in [-0.3, -0.25) is 0 Å². The average molecular weight is 296 g/mol. The Hall–Kier alpha value is -2.44. The van der Waals surface area contributed by atoms with Crippen molar-refractivity contribution in [3.05, 3.63) is 18.2 Å². The Morgan fingerprint density at radius 1 is 1.33 bits per heavy atom. The summed E-state index contributed by atoms with van der Waals surface area (Å²) in [6, 6.07) is 3.53. The normalized spacial score (nSPS) is 11.4. The summed E-state index contributed by atoms with van der Waals surface area (Å²) < 4.78 is 10.2. The molecule has 0 saturated carbocycles. The highest BCUT2D eigenvalue weighted by Crippen LogP contribution is 2.29. The van der Waals surface area contributed by atoms with Crippen LogP contribution in [0.25, 0.3) is 0 Å². The second kappa shape index (κ2) is 7.37. The maximum Gasteiger partial charge on any atom is 0.326 e. The highest BCUT2D eigenvalue weighted by atomic mass is 16.5. The molecule has 0 aliphatic heterocycles. The molecule has 0 radical (unpaired) electrons. The van der Waals surface area contributed by atoms with Gasteiger partial charge in [-0.2, -0.15) is 0 Å². The van der Waals surface area contributed by atoms with E-state index in [0.29, 0.717) is 23.6 Å². The first kappa shape index (κ1) is 16.6. The van der Waals surface area contributed by atoms with Crippen LogP contribution < -0.4 is 14.8 Å². The number of anilines is 1. The molecule has 116 valence electrons. The second-order valence-electron chi connectivity index (χ2n) is 4.37. The fourth-order valence-corrected chi connectivity index (χ4v) is 1.86. The summed E-state index contributed by atoms with van der Waals surface area (Å²) in [7, 11) is 4.44. The van der Waals surface area contributed by atoms with E-state index in [4.69, 9.17) is 14.6 Å². The number of urea groups is 1. The maximum atomic E-state index is 12.1. The molecule has 0 aliphatic carbocycles. The number of nitrogens with zero attached hydrogens (tertiary/aromatic N) is 1. The molecule has 0 aromatic heterocycles. The van der Waals surface area contributed by atoms with Crippen LogP contribution >= 0.6 is 0 Å². The highest BCUT2D eigenvalue weighted by Gasteiger charge is 2.25. The van der Waals surface area contributed by atoms with E-state index in [9.17, 15) is 9.59 Å². The van der Waals surface area contributed by atoms with Crippen LogP contribution in [0.15, 0.2) is 18.2 Å². The summed E-state index contributed by atoms with van der Waals surface area (Å²) in [5.41, 5.74) is 0.440. The smallest absolute Gasteiger partial charge is 0.326 e. The standard InChI is InChI=1S/C14H20N2O5/c1-5-11(13(17)18)16(2)14(19)15-10-7-6-9(20-3)8-12(10)21-4/h6-8,11H,5H2,1-4H3,(H,15,19)(H,17,18). The third-order valence-electron chi connectivity index (χ3n) is 3.11. The molecule has 2 N–H and O–H groups in total. The average Bonchev–Trinajstić information content (AvgIpc) is 2.47. The van der Waals surface area contributed by atoms with Gasteiger partial charge in [0.05, 0.1) is 19.9 Å². The van der Waals surface area contributed by atoms with Gasteiger partial charge in [-0.15, -0.1) is 0 Å². The summed E-state index contributed by atoms with van der Waals surface area (Å²) in [5.74, 6) is -0.0218. The molecule has 0 fully saturated rings. The van der Waals surface area contributed by atoms with Crippen LogP contribution in [0.5, 0.6) is 11.5 Å². The molecular formula is C14H20N2O5. The number of benzene rings is 1. The van der Waals surface area contributed by atoms with E-state index in [0.717, 1.165) is 4.90 Å². The molecule has 1 unspecified atom stereocenters. The minimum atomic E-state index is -1.04. The number of hydrogen-bond donors (Lipinski definition) is 2. The van der Waals surface area contributed by atoms with Crippen LogP contribution in [-0.4, -0.2) is 49.3 Å². The lowest BCUT2D eigenvalue weighted by atomic mass is 10.2. The first-order valence-electron chi connectivity index (χ1n) is 6.43. The molecule has 21 heavy (non-hydrogen) atoms. The highest BCUT2D eigenvalue weighted by molar-refractivity contribution is 5.93. The second-order valence-corrected chi connectivity index (χ2v) is 4.37. The van der Waals surface area contributed by atoms with Gasteiger partial charge < -0.3 is 24.8 Å². The first-order chi connectivity index (χ1) is 9.94. The van der Waals surface area contributed by atoms with Crippen molar-refractivity contribution in [3.63, 3.8) is 0 Å². The van der Waals surface area contributed by atoms with Gasteiger partial charge >= 0.3 is 12.0 Å². The summed E-state index contributed by atoms with van der Waals surface area (Å²) in [5, 5.41) is 11.7. The quantitative estimate of drug-likeness (QED) is 0.838. The van der Waals surface area contributed by atoms with Crippen molar-refractivity contribution in [2.24, 2.45) is 0 Å². The van der Waals surface area contributed by atoms with Crippen LogP contribution in [0.3, 0.4) is 0 Å². The topological polar surface area (TPSA) is 88.1 Å². The molecule has 1 atom stereocenters. The number of amides is 2. The molecule has 1 aromatic rings. The molecule has 2 amide bonds. The van der Waals surface area contributed by atoms with Gasteiger partial charge in [0.1, 0.15) is 17.5 Å². The largest absolute Gasteiger partial charge is 0.497 e. The van der Waals surface area contributed by atoms with E-state index in [1.807, 2.05) is 0 Å². The van der Waals surface area contributed by atoms with Crippen molar-refractivity contribution in [1.82, 2.24) is 4.90 Å². The van der Waals surface area contributed by atoms with Crippen LogP contribution in [-0.2, 0) is 4.79 Å². The molecule has 0 aliphatic rings. The van der Waals surface area contributed by atoms with E-state index in [1.165, 1.54) is 21.3 Å². The Kier molecular flexibility index (Phi) is 5.83. The van der Waals surface area contributed by atoms with Crippen molar-refractivity contribution in [2.45, 2.75) is 19.4 Å². The van der Waals surface area contributed by atoms with Gasteiger partial charge in [-0.25, -0.2) is 9.59 Å². The summed E-state index contributed by atoms with van der Waals surface area (Å²) in [6.45, 7) is 1.70. The molecule has 0 bridgehead atoms. The van der Waals surface area contributed by atoms with E-state index >= 15 is 0 Å². The lowest BCUT2D eigenvalue weighted by Gasteiger charge is -2.24. The maximum absolute atomic E-state index is 12.1. The Morgan fingerprint density at radius 3 is 2.48 bits per heavy atom. The van der Waals surface area contributed by atoms with Crippen molar-refractivity contribution < 1.29 is 24.2 Å². The molecule has 1 aromatic carbocycles. The number of aliphatic carboxylic acids is 1. The van der Waals surface area contributed by atoms with E-state index in [-0.39, 0.29) is 0 Å². The predicted molar refractivity (Wildman–Crippen MR) is 78.0 cm³/mol. The summed E-state index contributed by atoms with van der Waals surface area (Å²) in [4.78, 5) is 24.3. The van der Waals surface area contributed by atoms with Crippen molar-refractivity contribution in [3.8, 4) is 11.5 Å². The van der Waals surface area contributed by atoms with Crippen LogP contribution in [0.1, 0.15) is 13.3 Å². The zero-order valence-electron chi connectivity index (χ0n) is 12.5. The van der Waals surface area contributed by atoms with Gasteiger partial charge in [-0.05, 0) is 18.6 Å². The first-order valence-corrected chi connectivity index (χ1v) is 6.43. The number of carbonyl (C=O) groups excluding carboxylic acids is 1. The number of carboxylic acids is 1. The summed E-state index contributed by atoms with van der Waals surface area (Å²) in [6.07, 6.45) is 0.318. The van der Waals surface area contributed by atoms with Gasteiger partial charge in [0, 0.05) is 13.1 Å². The zero-order valence-corrected chi connectivity index (χ0v) is 12.5. The number of ether oxygens (including phenoxy) is 2. The Bertz CT molecular complexity index is 518. The number of hydrogen-bond acceptors (Lipinski definition) is 4. The molecule has 7 heteroatoms. The molecule has 7 nitrogen and oxygen atoms in total. The fraction of sp³-hybridized carbons (Fsp3) is 0.429. The van der Waals surface area contributed by atoms with E-state index in [1.54, 1.807) is 25.1 Å². The third-order valence-corrected chi connectivity index (χ3v) is 3.11. The predicted octanol–water partition coefficient (Wildman–Crippen LogP) is 2.03. The van der Waals surface area contributed by atoms with E-state index in [2.05, 4.69) is 5.32 Å². The Morgan fingerprint density at radius 2 is 2.00 bits per heavy atom. The lowest BCUT2D eigenvalue weighted by molar-refractivity contribution is -0.141. The lowest BCUT2D eigenvalue weighted by Crippen LogP contribution is -2.44. The van der Waals surface area contributed by atoms with Crippen molar-refractivity contribution in [1.29, 1.82) is 0 Å². The third kappa shape index (κ3) is 4.01. The molecule has 0 spiro atoms. The summed E-state index contributed by atoms with van der Waals surface area (Å²) >= 11 is 0. The van der Waals surface area contributed by atoms with Crippen LogP contribution in [0.4, 0.5) is 10.5 Å². The molecule has 0 saturated heterocycles. The van der Waals surface area contributed by atoms with Crippen LogP contribution in [0.2, 0.25) is 0 Å². The molecule has 1 rings (SSSR count). The number of carboxylic acid groups (broad SMARTS) is 1. The van der Waals surface area contributed by atoms with Crippen molar-refractivity contribution >= 4 is 17.7 Å². The van der Waals surface area contributed by atoms with Gasteiger partial charge in [0.25, 0.3) is 0 Å². The van der Waals surface area contributed by atoms with Crippen molar-refractivity contribution in [2.75, 3.05) is 26.6 Å². The number of nitrogens with one attached hydrogen (secondary N) is 1.